The van der Waals surface area contributed by atoms with Crippen LogP contribution in [0.5, 0.6) is 0 Å². The molecule has 0 aliphatic carbocycles. The fourth-order valence-electron chi connectivity index (χ4n) is 2.85. The first-order valence-corrected chi connectivity index (χ1v) is 12.5. The van der Waals surface area contributed by atoms with Crippen LogP contribution in [0.25, 0.3) is 0 Å². The highest BCUT2D eigenvalue weighted by molar-refractivity contribution is 7.92. The van der Waals surface area contributed by atoms with Crippen LogP contribution in [0.4, 0.5) is 5.69 Å². The molecule has 3 rings (SSSR count). The normalized spacial score (nSPS) is 10.3. The summed E-state index contributed by atoms with van der Waals surface area (Å²) in [6.45, 7) is 15.2. The van der Waals surface area contributed by atoms with E-state index in [-0.39, 0.29) is 21.7 Å². The number of aryl methyl sites for hydroxylation is 4. The molecule has 0 fully saturated rings. The highest BCUT2D eigenvalue weighted by atomic mass is 32.2. The molecule has 0 aliphatic rings. The molecule has 1 heterocycles. The van der Waals surface area contributed by atoms with Gasteiger partial charge in [0.05, 0.1) is 16.1 Å². The standard InChI is InChI=1S/C22H22N2O4S.2C2H6/c1-14-5-9-19(10-6-14)29(27,28)23-21-12-16(3)15(2)11-20(21)22(25)18-8-7-17(4)24(26)13-18;2*1-2/h5-13,23H,1-4H3;2*1-2H3. The topological polar surface area (TPSA) is 90.2 Å². The van der Waals surface area contributed by atoms with Crippen molar-refractivity contribution in [3.05, 3.63) is 93.4 Å². The molecule has 0 spiro atoms. The Morgan fingerprint density at radius 2 is 1.39 bits per heavy atom. The predicted molar refractivity (Wildman–Crippen MR) is 134 cm³/mol. The molecule has 0 saturated heterocycles. The molecule has 7 heteroatoms. The number of nitrogens with zero attached hydrogens (tertiary/aromatic N) is 1. The van der Waals surface area contributed by atoms with Gasteiger partial charge in [-0.2, -0.15) is 4.73 Å². The molecular formula is C26H34N2O4S. The number of carbonyl (C=O) groups excluding carboxylic acids is 1. The quantitative estimate of drug-likeness (QED) is 0.297. The average molecular weight is 471 g/mol. The van der Waals surface area contributed by atoms with Crippen molar-refractivity contribution in [3.8, 4) is 0 Å². The minimum absolute atomic E-state index is 0.104. The van der Waals surface area contributed by atoms with Crippen molar-refractivity contribution in [2.24, 2.45) is 0 Å². The monoisotopic (exact) mass is 470 g/mol. The first-order chi connectivity index (χ1) is 15.6. The van der Waals surface area contributed by atoms with Crippen LogP contribution in [0.1, 0.15) is 66.0 Å². The molecule has 33 heavy (non-hydrogen) atoms. The highest BCUT2D eigenvalue weighted by Gasteiger charge is 2.22. The summed E-state index contributed by atoms with van der Waals surface area (Å²) >= 11 is 0. The Morgan fingerprint density at radius 1 is 0.848 bits per heavy atom. The lowest BCUT2D eigenvalue weighted by Crippen LogP contribution is -2.30. The summed E-state index contributed by atoms with van der Waals surface area (Å²) in [5.74, 6) is -0.431. The molecule has 0 amide bonds. The molecule has 0 saturated carbocycles. The van der Waals surface area contributed by atoms with Crippen LogP contribution in [-0.2, 0) is 10.0 Å². The van der Waals surface area contributed by atoms with Crippen molar-refractivity contribution in [1.29, 1.82) is 0 Å². The van der Waals surface area contributed by atoms with Crippen molar-refractivity contribution in [2.45, 2.75) is 60.3 Å². The molecule has 0 radical (unpaired) electrons. The third-order valence-corrected chi connectivity index (χ3v) is 6.21. The second kappa shape index (κ2) is 12.2. The number of sulfonamides is 1. The van der Waals surface area contributed by atoms with E-state index in [4.69, 9.17) is 0 Å². The summed E-state index contributed by atoms with van der Waals surface area (Å²) in [4.78, 5) is 13.2. The van der Waals surface area contributed by atoms with E-state index in [1.807, 2.05) is 48.5 Å². The minimum Gasteiger partial charge on any atom is -0.618 e. The van der Waals surface area contributed by atoms with Gasteiger partial charge < -0.3 is 5.21 Å². The zero-order valence-electron chi connectivity index (χ0n) is 20.7. The fraction of sp³-hybridized carbons (Fsp3) is 0.308. The number of ketones is 1. The summed E-state index contributed by atoms with van der Waals surface area (Å²) in [7, 11) is -3.88. The Balaban J connectivity index is 0.00000129. The number of rotatable bonds is 5. The lowest BCUT2D eigenvalue weighted by atomic mass is 9.98. The Hall–Kier alpha value is -3.19. The van der Waals surface area contributed by atoms with Gasteiger partial charge in [-0.15, -0.1) is 0 Å². The third-order valence-electron chi connectivity index (χ3n) is 4.82. The molecule has 3 aromatic rings. The van der Waals surface area contributed by atoms with E-state index in [0.29, 0.717) is 10.4 Å². The maximum Gasteiger partial charge on any atom is 0.261 e. The van der Waals surface area contributed by atoms with Crippen LogP contribution in [0.15, 0.2) is 59.6 Å². The zero-order valence-corrected chi connectivity index (χ0v) is 21.5. The molecule has 1 N–H and O–H groups in total. The lowest BCUT2D eigenvalue weighted by molar-refractivity contribution is -0.612. The second-order valence-electron chi connectivity index (χ2n) is 7.11. The number of benzene rings is 2. The average Bonchev–Trinajstić information content (AvgIpc) is 2.80. The largest absolute Gasteiger partial charge is 0.618 e. The number of aromatic nitrogens is 1. The van der Waals surface area contributed by atoms with Crippen molar-refractivity contribution in [2.75, 3.05) is 4.72 Å². The van der Waals surface area contributed by atoms with E-state index in [1.165, 1.54) is 18.3 Å². The van der Waals surface area contributed by atoms with E-state index in [1.54, 1.807) is 43.3 Å². The number of anilines is 1. The fourth-order valence-corrected chi connectivity index (χ4v) is 3.93. The van der Waals surface area contributed by atoms with Gasteiger partial charge in [0.25, 0.3) is 10.0 Å². The summed E-state index contributed by atoms with van der Waals surface area (Å²) < 4.78 is 28.8. The molecule has 1 aromatic heterocycles. The molecule has 2 aromatic carbocycles. The van der Waals surface area contributed by atoms with Gasteiger partial charge in [-0.25, -0.2) is 8.42 Å². The van der Waals surface area contributed by atoms with Crippen molar-refractivity contribution in [1.82, 2.24) is 0 Å². The van der Waals surface area contributed by atoms with Gasteiger partial charge in [0.15, 0.2) is 11.9 Å². The minimum atomic E-state index is -3.88. The van der Waals surface area contributed by atoms with E-state index < -0.39 is 15.8 Å². The van der Waals surface area contributed by atoms with Crippen molar-refractivity contribution >= 4 is 21.5 Å². The highest BCUT2D eigenvalue weighted by Crippen LogP contribution is 2.26. The molecule has 0 bridgehead atoms. The molecular weight excluding hydrogens is 436 g/mol. The molecule has 6 nitrogen and oxygen atoms in total. The SMILES string of the molecule is CC.CC.Cc1ccc(S(=O)(=O)Nc2cc(C)c(C)cc2C(=O)c2ccc(C)[n+]([O-])c2)cc1. The lowest BCUT2D eigenvalue weighted by Gasteiger charge is -2.15. The van der Waals surface area contributed by atoms with Gasteiger partial charge in [-0.05, 0) is 62.2 Å². The summed E-state index contributed by atoms with van der Waals surface area (Å²) in [6.07, 6.45) is 1.20. The molecule has 178 valence electrons. The van der Waals surface area contributed by atoms with Crippen molar-refractivity contribution in [3.63, 3.8) is 0 Å². The van der Waals surface area contributed by atoms with Gasteiger partial charge in [0.1, 0.15) is 0 Å². The molecule has 0 aliphatic heterocycles. The smallest absolute Gasteiger partial charge is 0.261 e. The van der Waals surface area contributed by atoms with Gasteiger partial charge in [-0.1, -0.05) is 45.4 Å². The van der Waals surface area contributed by atoms with Crippen LogP contribution in [-0.4, -0.2) is 14.2 Å². The first-order valence-electron chi connectivity index (χ1n) is 11.0. The van der Waals surface area contributed by atoms with Gasteiger partial charge in [0.2, 0.25) is 5.78 Å². The van der Waals surface area contributed by atoms with Crippen molar-refractivity contribution < 1.29 is 17.9 Å². The number of pyridine rings is 1. The Morgan fingerprint density at radius 3 is 1.94 bits per heavy atom. The zero-order chi connectivity index (χ0) is 25.3. The molecule has 0 unspecified atom stereocenters. The van der Waals surface area contributed by atoms with E-state index in [2.05, 4.69) is 4.72 Å². The van der Waals surface area contributed by atoms with E-state index in [0.717, 1.165) is 16.7 Å². The van der Waals surface area contributed by atoms with Gasteiger partial charge in [-0.3, -0.25) is 9.52 Å². The first kappa shape index (κ1) is 27.8. The Kier molecular flexibility index (Phi) is 10.3. The van der Waals surface area contributed by atoms with Crippen LogP contribution in [0.3, 0.4) is 0 Å². The number of nitrogens with one attached hydrogen (secondary N) is 1. The van der Waals surface area contributed by atoms with Crippen LogP contribution < -0.4 is 9.45 Å². The Bertz CT molecular complexity index is 1200. The number of carbonyl (C=O) groups is 1. The third kappa shape index (κ3) is 6.89. The number of hydrogen-bond acceptors (Lipinski definition) is 4. The predicted octanol–water partition coefficient (Wildman–Crippen LogP) is 5.64. The van der Waals surface area contributed by atoms with Crippen LogP contribution in [0.2, 0.25) is 0 Å². The summed E-state index contributed by atoms with van der Waals surface area (Å²) in [5.41, 5.74) is 3.63. The van der Waals surface area contributed by atoms with Crippen LogP contribution in [0, 0.1) is 32.9 Å². The van der Waals surface area contributed by atoms with Gasteiger partial charge in [0, 0.05) is 18.6 Å². The Labute approximate surface area is 197 Å². The van der Waals surface area contributed by atoms with Crippen LogP contribution >= 0.6 is 0 Å². The van der Waals surface area contributed by atoms with E-state index >= 15 is 0 Å². The number of hydrogen-bond donors (Lipinski definition) is 1. The maximum atomic E-state index is 13.1. The second-order valence-corrected chi connectivity index (χ2v) is 8.80. The maximum absolute atomic E-state index is 13.1. The van der Waals surface area contributed by atoms with E-state index in [9.17, 15) is 18.4 Å². The van der Waals surface area contributed by atoms with Gasteiger partial charge >= 0.3 is 0 Å². The summed E-state index contributed by atoms with van der Waals surface area (Å²) in [6, 6.07) is 12.8. The summed E-state index contributed by atoms with van der Waals surface area (Å²) in [5, 5.41) is 11.9. The molecule has 0 atom stereocenters.